The molecule has 0 radical (unpaired) electrons. The second-order valence-electron chi connectivity index (χ2n) is 1.47. The van der Waals surface area contributed by atoms with E-state index in [-0.39, 0.29) is 11.0 Å². The van der Waals surface area contributed by atoms with Gasteiger partial charge in [-0.2, -0.15) is 0 Å². The minimum Gasteiger partial charge on any atom is -0.451 e. The van der Waals surface area contributed by atoms with E-state index in [2.05, 4.69) is 31.9 Å². The predicted octanol–water partition coefficient (Wildman–Crippen LogP) is 2.06. The molecule has 0 aliphatic carbocycles. The molecule has 0 fully saturated rings. The first-order valence-corrected chi connectivity index (χ1v) is 4.60. The Labute approximate surface area is 71.2 Å². The van der Waals surface area contributed by atoms with Crippen LogP contribution in [-0.4, -0.2) is 16.3 Å². The lowest BCUT2D eigenvalue weighted by molar-refractivity contribution is -0.143. The first-order valence-electron chi connectivity index (χ1n) is 2.56. The Morgan fingerprint density at radius 2 is 2.33 bits per heavy atom. The summed E-state index contributed by atoms with van der Waals surface area (Å²) in [6.45, 7) is 1.76. The maximum Gasteiger partial charge on any atom is 0.307 e. The number of hydrogen-bond acceptors (Lipinski definition) is 2. The molecule has 0 aromatic heterocycles. The first kappa shape index (κ1) is 9.43. The topological polar surface area (TPSA) is 26.3 Å². The summed E-state index contributed by atoms with van der Waals surface area (Å²) in [7, 11) is 0. The van der Waals surface area contributed by atoms with Crippen LogP contribution >= 0.6 is 31.9 Å². The molecule has 0 N–H and O–H groups in total. The zero-order valence-corrected chi connectivity index (χ0v) is 8.24. The fraction of sp³-hybridized carbons (Fsp3) is 0.800. The molecule has 9 heavy (non-hydrogen) atoms. The molecule has 0 saturated heterocycles. The summed E-state index contributed by atoms with van der Waals surface area (Å²) >= 11 is 6.21. The molecular weight excluding hydrogens is 252 g/mol. The molecule has 1 unspecified atom stereocenters. The summed E-state index contributed by atoms with van der Waals surface area (Å²) in [6.07, 6.45) is 0.427. The van der Waals surface area contributed by atoms with Crippen LogP contribution in [0.1, 0.15) is 13.3 Å². The number of carbonyl (C=O) groups excluding carboxylic acids is 1. The van der Waals surface area contributed by atoms with Crippen LogP contribution in [0.2, 0.25) is 0 Å². The Balaban J connectivity index is 3.27. The highest BCUT2D eigenvalue weighted by Gasteiger charge is 2.03. The molecule has 0 heterocycles. The van der Waals surface area contributed by atoms with Crippen LogP contribution < -0.4 is 0 Å². The summed E-state index contributed by atoms with van der Waals surface area (Å²) < 4.78 is 4.74. The Kier molecular flexibility index (Phi) is 5.48. The van der Waals surface area contributed by atoms with Gasteiger partial charge in [-0.3, -0.25) is 4.79 Å². The maximum absolute atomic E-state index is 10.6. The molecule has 0 aliphatic rings. The molecule has 0 aliphatic heterocycles. The quantitative estimate of drug-likeness (QED) is 0.573. The lowest BCUT2D eigenvalue weighted by Gasteiger charge is -2.03. The highest BCUT2D eigenvalue weighted by atomic mass is 79.9. The highest BCUT2D eigenvalue weighted by molar-refractivity contribution is 9.09. The summed E-state index contributed by atoms with van der Waals surface area (Å²) in [5.41, 5.74) is 0. The van der Waals surface area contributed by atoms with Gasteiger partial charge < -0.3 is 4.74 Å². The van der Waals surface area contributed by atoms with E-state index < -0.39 is 0 Å². The number of hydrogen-bond donors (Lipinski definition) is 0. The second kappa shape index (κ2) is 5.23. The number of rotatable bonds is 3. The number of esters is 1. The molecule has 1 atom stereocenters. The lowest BCUT2D eigenvalue weighted by Crippen LogP contribution is -2.08. The summed E-state index contributed by atoms with van der Waals surface area (Å²) in [6, 6.07) is 0. The minimum absolute atomic E-state index is 0.177. The van der Waals surface area contributed by atoms with Crippen molar-refractivity contribution in [2.24, 2.45) is 0 Å². The molecule has 0 bridgehead atoms. The summed E-state index contributed by atoms with van der Waals surface area (Å²) in [5, 5.41) is 0.481. The van der Waals surface area contributed by atoms with Gasteiger partial charge in [0.1, 0.15) is 0 Å². The molecule has 0 amide bonds. The van der Waals surface area contributed by atoms with Gasteiger partial charge in [0.25, 0.3) is 0 Å². The van der Waals surface area contributed by atoms with Gasteiger partial charge in [0, 0.05) is 5.33 Å². The van der Waals surface area contributed by atoms with Crippen LogP contribution in [0.4, 0.5) is 0 Å². The maximum atomic E-state index is 10.6. The molecule has 0 aromatic rings. The van der Waals surface area contributed by atoms with Crippen LogP contribution in [-0.2, 0) is 9.53 Å². The van der Waals surface area contributed by atoms with E-state index in [4.69, 9.17) is 4.74 Å². The van der Waals surface area contributed by atoms with Gasteiger partial charge in [0.05, 0.1) is 6.42 Å². The van der Waals surface area contributed by atoms with Crippen molar-refractivity contribution in [3.63, 3.8) is 0 Å². The summed E-state index contributed by atoms with van der Waals surface area (Å²) in [5.74, 6) is -0.184. The second-order valence-corrected chi connectivity index (χ2v) is 3.55. The van der Waals surface area contributed by atoms with E-state index in [1.165, 1.54) is 0 Å². The molecule has 0 saturated carbocycles. The van der Waals surface area contributed by atoms with E-state index >= 15 is 0 Å². The van der Waals surface area contributed by atoms with Gasteiger partial charge in [-0.1, -0.05) is 15.9 Å². The molecule has 4 heteroatoms. The summed E-state index contributed by atoms with van der Waals surface area (Å²) in [4.78, 5) is 10.6. The molecular formula is C5H8Br2O2. The Bertz CT molecular complexity index is 93.0. The molecule has 2 nitrogen and oxygen atoms in total. The van der Waals surface area contributed by atoms with Crippen LogP contribution in [0.15, 0.2) is 0 Å². The largest absolute Gasteiger partial charge is 0.451 e. The third kappa shape index (κ3) is 6.31. The van der Waals surface area contributed by atoms with Crippen LogP contribution in [0.5, 0.6) is 0 Å². The van der Waals surface area contributed by atoms with Crippen molar-refractivity contribution in [2.45, 2.75) is 18.4 Å². The van der Waals surface area contributed by atoms with E-state index in [1.807, 2.05) is 0 Å². The number of ether oxygens (including phenoxy) is 1. The van der Waals surface area contributed by atoms with Gasteiger partial charge in [-0.15, -0.1) is 0 Å². The highest BCUT2D eigenvalue weighted by Crippen LogP contribution is 2.01. The standard InChI is InChI=1S/C5H8Br2O2/c1-4(7)9-5(8)2-3-6/h4H,2-3H2,1H3. The van der Waals surface area contributed by atoms with Crippen molar-refractivity contribution in [1.29, 1.82) is 0 Å². The van der Waals surface area contributed by atoms with Gasteiger partial charge in [-0.05, 0) is 22.9 Å². The predicted molar refractivity (Wildman–Crippen MR) is 42.9 cm³/mol. The molecule has 54 valence electrons. The van der Waals surface area contributed by atoms with Crippen LogP contribution in [0.25, 0.3) is 0 Å². The monoisotopic (exact) mass is 258 g/mol. The van der Waals surface area contributed by atoms with E-state index in [0.717, 1.165) is 0 Å². The van der Waals surface area contributed by atoms with Crippen molar-refractivity contribution in [2.75, 3.05) is 5.33 Å². The molecule has 0 rings (SSSR count). The van der Waals surface area contributed by atoms with Crippen molar-refractivity contribution >= 4 is 37.8 Å². The zero-order chi connectivity index (χ0) is 7.28. The van der Waals surface area contributed by atoms with Gasteiger partial charge in [0.2, 0.25) is 0 Å². The first-order chi connectivity index (χ1) is 4.16. The van der Waals surface area contributed by atoms with Crippen molar-refractivity contribution in [1.82, 2.24) is 0 Å². The number of alkyl halides is 2. The van der Waals surface area contributed by atoms with Crippen LogP contribution in [0.3, 0.4) is 0 Å². The smallest absolute Gasteiger partial charge is 0.307 e. The third-order valence-electron chi connectivity index (χ3n) is 0.592. The Morgan fingerprint density at radius 1 is 1.78 bits per heavy atom. The molecule has 0 spiro atoms. The Morgan fingerprint density at radius 3 is 2.67 bits per heavy atom. The van der Waals surface area contributed by atoms with E-state index in [1.54, 1.807) is 6.92 Å². The fourth-order valence-corrected chi connectivity index (χ4v) is 0.849. The average molecular weight is 260 g/mol. The van der Waals surface area contributed by atoms with Gasteiger partial charge in [0.15, 0.2) is 5.01 Å². The normalized spacial score (nSPS) is 12.8. The number of halogens is 2. The zero-order valence-electron chi connectivity index (χ0n) is 5.06. The van der Waals surface area contributed by atoms with Gasteiger partial charge in [-0.25, -0.2) is 0 Å². The van der Waals surface area contributed by atoms with Crippen LogP contribution in [0, 0.1) is 0 Å². The van der Waals surface area contributed by atoms with E-state index in [9.17, 15) is 4.79 Å². The molecule has 0 aromatic carbocycles. The van der Waals surface area contributed by atoms with Crippen molar-refractivity contribution in [3.05, 3.63) is 0 Å². The van der Waals surface area contributed by atoms with Gasteiger partial charge >= 0.3 is 5.97 Å². The third-order valence-corrected chi connectivity index (χ3v) is 1.18. The SMILES string of the molecule is CC(Br)OC(=O)CCBr. The Hall–Kier alpha value is 0.430. The van der Waals surface area contributed by atoms with Crippen molar-refractivity contribution in [3.8, 4) is 0 Å². The van der Waals surface area contributed by atoms with Crippen molar-refractivity contribution < 1.29 is 9.53 Å². The fourth-order valence-electron chi connectivity index (χ4n) is 0.317. The number of carbonyl (C=O) groups is 1. The lowest BCUT2D eigenvalue weighted by atomic mass is 10.5. The van der Waals surface area contributed by atoms with E-state index in [0.29, 0.717) is 11.8 Å². The average Bonchev–Trinajstić information content (AvgIpc) is 1.63. The minimum atomic E-state index is -0.184.